The van der Waals surface area contributed by atoms with E-state index in [9.17, 15) is 0 Å². The Hall–Kier alpha value is -3.19. The van der Waals surface area contributed by atoms with Gasteiger partial charge in [-0.25, -0.2) is 15.0 Å². The average molecular weight is 405 g/mol. The van der Waals surface area contributed by atoms with E-state index in [4.69, 9.17) is 10.5 Å². The fourth-order valence-electron chi connectivity index (χ4n) is 4.17. The van der Waals surface area contributed by atoms with Gasteiger partial charge >= 0.3 is 0 Å². The molecule has 3 heterocycles. The van der Waals surface area contributed by atoms with E-state index in [2.05, 4.69) is 31.2 Å². The van der Waals surface area contributed by atoms with Crippen LogP contribution in [0.2, 0.25) is 0 Å². The lowest BCUT2D eigenvalue weighted by atomic mass is 9.89. The van der Waals surface area contributed by atoms with E-state index in [1.54, 1.807) is 7.11 Å². The number of nitrogens with one attached hydrogen (secondary N) is 1. The lowest BCUT2D eigenvalue weighted by Gasteiger charge is -2.33. The number of nitrogens with two attached hydrogens (primary N) is 1. The van der Waals surface area contributed by atoms with Gasteiger partial charge in [-0.05, 0) is 43.1 Å². The van der Waals surface area contributed by atoms with Crippen molar-refractivity contribution in [3.63, 3.8) is 0 Å². The molecule has 0 amide bonds. The Bertz CT molecular complexity index is 991. The standard InChI is InChI=1S/C23H28N6O/c1-25-22-18(5-3-11-26-22)15-29-12-4-6-17(14-29)21-20(13-27-23(24)28-21)16-7-9-19(30-2)10-8-16/h3,5,7-11,13,17H,4,6,12,14-15H2,1-2H3,(H,25,26)(H2,24,27,28). The van der Waals surface area contributed by atoms with Gasteiger partial charge in [-0.15, -0.1) is 0 Å². The van der Waals surface area contributed by atoms with Gasteiger partial charge in [0.1, 0.15) is 11.6 Å². The smallest absolute Gasteiger partial charge is 0.220 e. The predicted molar refractivity (Wildman–Crippen MR) is 119 cm³/mol. The lowest BCUT2D eigenvalue weighted by molar-refractivity contribution is 0.199. The van der Waals surface area contributed by atoms with Gasteiger partial charge in [0.05, 0.1) is 12.8 Å². The summed E-state index contributed by atoms with van der Waals surface area (Å²) in [4.78, 5) is 15.9. The molecular weight excluding hydrogens is 376 g/mol. The molecule has 2 aromatic heterocycles. The highest BCUT2D eigenvalue weighted by atomic mass is 16.5. The first-order valence-corrected chi connectivity index (χ1v) is 10.3. The van der Waals surface area contributed by atoms with Crippen LogP contribution in [0.15, 0.2) is 48.8 Å². The first kappa shape index (κ1) is 20.1. The predicted octanol–water partition coefficient (Wildman–Crippen LogP) is 3.55. The summed E-state index contributed by atoms with van der Waals surface area (Å²) in [6.07, 6.45) is 5.87. The van der Waals surface area contributed by atoms with E-state index in [-0.39, 0.29) is 0 Å². The van der Waals surface area contributed by atoms with Crippen LogP contribution in [0.5, 0.6) is 5.75 Å². The number of methoxy groups -OCH3 is 1. The van der Waals surface area contributed by atoms with Crippen molar-refractivity contribution in [2.24, 2.45) is 0 Å². The summed E-state index contributed by atoms with van der Waals surface area (Å²) >= 11 is 0. The van der Waals surface area contributed by atoms with Gasteiger partial charge in [-0.2, -0.15) is 0 Å². The first-order chi connectivity index (χ1) is 14.7. The van der Waals surface area contributed by atoms with Crippen LogP contribution in [0, 0.1) is 0 Å². The number of anilines is 2. The zero-order valence-electron chi connectivity index (χ0n) is 17.5. The fourth-order valence-corrected chi connectivity index (χ4v) is 4.17. The molecule has 1 aliphatic rings. The molecule has 30 heavy (non-hydrogen) atoms. The number of piperidine rings is 1. The van der Waals surface area contributed by atoms with E-state index in [1.165, 1.54) is 5.56 Å². The van der Waals surface area contributed by atoms with E-state index >= 15 is 0 Å². The Balaban J connectivity index is 1.59. The zero-order chi connectivity index (χ0) is 20.9. The maximum Gasteiger partial charge on any atom is 0.220 e. The Labute approximate surface area is 177 Å². The molecule has 0 radical (unpaired) electrons. The summed E-state index contributed by atoms with van der Waals surface area (Å²) in [7, 11) is 3.58. The number of benzene rings is 1. The average Bonchev–Trinajstić information content (AvgIpc) is 2.80. The van der Waals surface area contributed by atoms with Crippen molar-refractivity contribution in [2.45, 2.75) is 25.3 Å². The normalized spacial score (nSPS) is 16.9. The Morgan fingerprint density at radius 2 is 2.03 bits per heavy atom. The summed E-state index contributed by atoms with van der Waals surface area (Å²) in [6, 6.07) is 12.1. The zero-order valence-corrected chi connectivity index (χ0v) is 17.5. The Morgan fingerprint density at radius 3 is 2.80 bits per heavy atom. The second kappa shape index (κ2) is 9.09. The third-order valence-corrected chi connectivity index (χ3v) is 5.65. The number of likely N-dealkylation sites (tertiary alicyclic amines) is 1. The van der Waals surface area contributed by atoms with Gasteiger partial charge in [0, 0.05) is 49.6 Å². The van der Waals surface area contributed by atoms with Crippen molar-refractivity contribution in [1.29, 1.82) is 0 Å². The molecule has 4 rings (SSSR count). The molecule has 7 nitrogen and oxygen atoms in total. The van der Waals surface area contributed by atoms with Crippen molar-refractivity contribution in [1.82, 2.24) is 19.9 Å². The van der Waals surface area contributed by atoms with Crippen LogP contribution < -0.4 is 15.8 Å². The SMILES string of the molecule is CNc1ncccc1CN1CCCC(c2nc(N)ncc2-c2ccc(OC)cc2)C1. The molecule has 1 aromatic carbocycles. The molecule has 0 aliphatic carbocycles. The summed E-state index contributed by atoms with van der Waals surface area (Å²) in [5.41, 5.74) is 10.3. The highest BCUT2D eigenvalue weighted by Crippen LogP contribution is 2.34. The number of pyridine rings is 1. The second-order valence-electron chi connectivity index (χ2n) is 7.59. The first-order valence-electron chi connectivity index (χ1n) is 10.3. The van der Waals surface area contributed by atoms with Crippen LogP contribution in [0.1, 0.15) is 30.0 Å². The topological polar surface area (TPSA) is 89.2 Å². The van der Waals surface area contributed by atoms with Crippen molar-refractivity contribution < 1.29 is 4.74 Å². The number of aromatic nitrogens is 3. The number of nitrogen functional groups attached to an aromatic ring is 1. The monoisotopic (exact) mass is 404 g/mol. The maximum atomic E-state index is 5.98. The number of ether oxygens (including phenoxy) is 1. The highest BCUT2D eigenvalue weighted by Gasteiger charge is 2.26. The Kier molecular flexibility index (Phi) is 6.09. The van der Waals surface area contributed by atoms with Crippen molar-refractivity contribution in [2.75, 3.05) is 38.3 Å². The number of nitrogens with zero attached hydrogens (tertiary/aromatic N) is 4. The van der Waals surface area contributed by atoms with Crippen LogP contribution in [0.4, 0.5) is 11.8 Å². The van der Waals surface area contributed by atoms with Gasteiger partial charge in [-0.1, -0.05) is 18.2 Å². The molecule has 156 valence electrons. The molecule has 1 fully saturated rings. The van der Waals surface area contributed by atoms with Crippen LogP contribution in [-0.2, 0) is 6.54 Å². The summed E-state index contributed by atoms with van der Waals surface area (Å²) in [5, 5.41) is 3.19. The molecule has 0 bridgehead atoms. The quantitative estimate of drug-likeness (QED) is 0.649. The van der Waals surface area contributed by atoms with E-state index < -0.39 is 0 Å². The highest BCUT2D eigenvalue weighted by molar-refractivity contribution is 5.67. The van der Waals surface area contributed by atoms with Gasteiger partial charge in [0.2, 0.25) is 5.95 Å². The van der Waals surface area contributed by atoms with Crippen LogP contribution in [0.25, 0.3) is 11.1 Å². The van der Waals surface area contributed by atoms with Gasteiger partial charge in [-0.3, -0.25) is 4.90 Å². The lowest BCUT2D eigenvalue weighted by Crippen LogP contribution is -2.34. The minimum Gasteiger partial charge on any atom is -0.497 e. The van der Waals surface area contributed by atoms with Gasteiger partial charge in [0.25, 0.3) is 0 Å². The molecule has 1 atom stereocenters. The molecule has 0 saturated carbocycles. The molecule has 0 spiro atoms. The molecular formula is C23H28N6O. The van der Waals surface area contributed by atoms with E-state index in [0.717, 1.165) is 60.9 Å². The van der Waals surface area contributed by atoms with E-state index in [0.29, 0.717) is 11.9 Å². The van der Waals surface area contributed by atoms with Crippen LogP contribution >= 0.6 is 0 Å². The Morgan fingerprint density at radius 1 is 1.20 bits per heavy atom. The molecule has 3 aromatic rings. The minimum absolute atomic E-state index is 0.302. The van der Waals surface area contributed by atoms with Crippen molar-refractivity contribution in [3.05, 3.63) is 60.0 Å². The molecule has 1 aliphatic heterocycles. The summed E-state index contributed by atoms with van der Waals surface area (Å²) < 4.78 is 5.29. The second-order valence-corrected chi connectivity index (χ2v) is 7.59. The summed E-state index contributed by atoms with van der Waals surface area (Å²) in [5.74, 6) is 2.39. The third-order valence-electron chi connectivity index (χ3n) is 5.65. The molecule has 3 N–H and O–H groups in total. The molecule has 1 saturated heterocycles. The summed E-state index contributed by atoms with van der Waals surface area (Å²) in [6.45, 7) is 2.85. The fraction of sp³-hybridized carbons (Fsp3) is 0.348. The largest absolute Gasteiger partial charge is 0.497 e. The number of hydrogen-bond donors (Lipinski definition) is 2. The van der Waals surface area contributed by atoms with Crippen molar-refractivity contribution in [3.8, 4) is 16.9 Å². The van der Waals surface area contributed by atoms with Crippen LogP contribution in [-0.4, -0.2) is 47.1 Å². The number of rotatable bonds is 6. The maximum absolute atomic E-state index is 5.98. The van der Waals surface area contributed by atoms with Gasteiger partial charge < -0.3 is 15.8 Å². The third kappa shape index (κ3) is 4.36. The van der Waals surface area contributed by atoms with Crippen LogP contribution in [0.3, 0.4) is 0 Å². The molecule has 1 unspecified atom stereocenters. The van der Waals surface area contributed by atoms with E-state index in [1.807, 2.05) is 49.8 Å². The number of hydrogen-bond acceptors (Lipinski definition) is 7. The molecule has 7 heteroatoms. The van der Waals surface area contributed by atoms with Gasteiger partial charge in [0.15, 0.2) is 0 Å². The van der Waals surface area contributed by atoms with Crippen molar-refractivity contribution >= 4 is 11.8 Å². The minimum atomic E-state index is 0.302.